The number of nitrogens with zero attached hydrogens (tertiary/aromatic N) is 2. The van der Waals surface area contributed by atoms with Crippen LogP contribution >= 0.6 is 11.6 Å². The number of hydrogen-bond acceptors (Lipinski definition) is 4. The monoisotopic (exact) mass is 254 g/mol. The zero-order valence-electron chi connectivity index (χ0n) is 9.88. The molecule has 1 atom stereocenters. The summed E-state index contributed by atoms with van der Waals surface area (Å²) >= 11 is 5.81. The normalized spacial score (nSPS) is 23.7. The van der Waals surface area contributed by atoms with Crippen LogP contribution in [0.2, 0.25) is 5.15 Å². The van der Waals surface area contributed by atoms with Crippen molar-refractivity contribution in [2.24, 2.45) is 5.41 Å². The third-order valence-corrected chi connectivity index (χ3v) is 3.16. The van der Waals surface area contributed by atoms with Crippen molar-refractivity contribution >= 4 is 23.5 Å². The molecule has 1 amide bonds. The van der Waals surface area contributed by atoms with E-state index in [1.54, 1.807) is 6.07 Å². The van der Waals surface area contributed by atoms with Crippen LogP contribution in [-0.4, -0.2) is 29.0 Å². The first kappa shape index (κ1) is 12.3. The summed E-state index contributed by atoms with van der Waals surface area (Å²) in [4.78, 5) is 20.2. The van der Waals surface area contributed by atoms with Gasteiger partial charge in [-0.15, -0.1) is 0 Å². The van der Waals surface area contributed by atoms with Crippen LogP contribution in [0.1, 0.15) is 19.0 Å². The number of rotatable bonds is 2. The number of amides is 1. The number of anilines is 1. The van der Waals surface area contributed by atoms with E-state index >= 15 is 0 Å². The van der Waals surface area contributed by atoms with Gasteiger partial charge in [-0.3, -0.25) is 10.1 Å². The molecule has 1 aliphatic heterocycles. The fourth-order valence-corrected chi connectivity index (χ4v) is 2.09. The number of aromatic nitrogens is 2. The maximum Gasteiger partial charge on any atom is 0.234 e. The van der Waals surface area contributed by atoms with Gasteiger partial charge in [0.25, 0.3) is 0 Å². The Bertz CT molecular complexity index is 423. The second-order valence-corrected chi connectivity index (χ2v) is 4.98. The molecule has 6 heteroatoms. The molecule has 0 radical (unpaired) electrons. The van der Waals surface area contributed by atoms with Crippen LogP contribution in [0.5, 0.6) is 0 Å². The molecule has 0 saturated carbocycles. The quantitative estimate of drug-likeness (QED) is 0.783. The maximum atomic E-state index is 12.1. The van der Waals surface area contributed by atoms with Gasteiger partial charge < -0.3 is 5.32 Å². The van der Waals surface area contributed by atoms with Gasteiger partial charge in [0.1, 0.15) is 5.15 Å². The van der Waals surface area contributed by atoms with Crippen molar-refractivity contribution in [2.45, 2.75) is 20.3 Å². The topological polar surface area (TPSA) is 66.9 Å². The molecule has 0 aliphatic carbocycles. The highest BCUT2D eigenvalue weighted by Crippen LogP contribution is 2.25. The van der Waals surface area contributed by atoms with Crippen LogP contribution in [0.25, 0.3) is 0 Å². The Morgan fingerprint density at radius 2 is 2.35 bits per heavy atom. The molecule has 1 aromatic rings. The molecule has 2 heterocycles. The zero-order valence-corrected chi connectivity index (χ0v) is 10.6. The molecule has 17 heavy (non-hydrogen) atoms. The lowest BCUT2D eigenvalue weighted by atomic mass is 9.89. The average Bonchev–Trinajstić information content (AvgIpc) is 2.64. The van der Waals surface area contributed by atoms with Crippen LogP contribution < -0.4 is 10.6 Å². The van der Waals surface area contributed by atoms with Gasteiger partial charge in [-0.25, -0.2) is 9.97 Å². The lowest BCUT2D eigenvalue weighted by molar-refractivity contribution is -0.123. The van der Waals surface area contributed by atoms with Crippen molar-refractivity contribution in [1.82, 2.24) is 15.3 Å². The number of nitrogens with one attached hydrogen (secondary N) is 2. The van der Waals surface area contributed by atoms with E-state index in [2.05, 4.69) is 20.6 Å². The molecule has 0 bridgehead atoms. The smallest absolute Gasteiger partial charge is 0.234 e. The highest BCUT2D eigenvalue weighted by Gasteiger charge is 2.36. The van der Waals surface area contributed by atoms with Gasteiger partial charge >= 0.3 is 0 Å². The van der Waals surface area contributed by atoms with Crippen molar-refractivity contribution in [1.29, 1.82) is 0 Å². The summed E-state index contributed by atoms with van der Waals surface area (Å²) in [5.41, 5.74) is 0.342. The Morgan fingerprint density at radius 3 is 2.94 bits per heavy atom. The lowest BCUT2D eigenvalue weighted by Gasteiger charge is -2.20. The van der Waals surface area contributed by atoms with Crippen molar-refractivity contribution in [3.05, 3.63) is 16.9 Å². The van der Waals surface area contributed by atoms with E-state index in [9.17, 15) is 4.79 Å². The number of carbonyl (C=O) groups excluding carboxylic acids is 1. The summed E-state index contributed by atoms with van der Waals surface area (Å²) in [7, 11) is 0. The van der Waals surface area contributed by atoms with Gasteiger partial charge in [-0.2, -0.15) is 0 Å². The minimum Gasteiger partial charge on any atom is -0.316 e. The highest BCUT2D eigenvalue weighted by molar-refractivity contribution is 6.29. The zero-order chi connectivity index (χ0) is 12.5. The summed E-state index contributed by atoms with van der Waals surface area (Å²) in [6.45, 7) is 5.28. The Hall–Kier alpha value is -1.20. The third kappa shape index (κ3) is 2.73. The van der Waals surface area contributed by atoms with E-state index in [1.807, 2.05) is 13.8 Å². The Morgan fingerprint density at radius 1 is 1.59 bits per heavy atom. The molecule has 0 aromatic carbocycles. The summed E-state index contributed by atoms with van der Waals surface area (Å²) in [6, 6.07) is 1.65. The number of carbonyl (C=O) groups is 1. The summed E-state index contributed by atoms with van der Waals surface area (Å²) in [5, 5.41) is 6.23. The van der Waals surface area contributed by atoms with Crippen LogP contribution in [0.15, 0.2) is 6.07 Å². The second-order valence-electron chi connectivity index (χ2n) is 4.60. The molecule has 2 rings (SSSR count). The maximum absolute atomic E-state index is 12.1. The van der Waals surface area contributed by atoms with Crippen molar-refractivity contribution in [3.63, 3.8) is 0 Å². The van der Waals surface area contributed by atoms with Gasteiger partial charge in [-0.05, 0) is 32.9 Å². The highest BCUT2D eigenvalue weighted by atomic mass is 35.5. The molecule has 1 aliphatic rings. The minimum absolute atomic E-state index is 0.0656. The molecule has 1 saturated heterocycles. The molecular weight excluding hydrogens is 240 g/mol. The number of hydrogen-bond donors (Lipinski definition) is 2. The average molecular weight is 255 g/mol. The molecule has 0 spiro atoms. The van der Waals surface area contributed by atoms with Gasteiger partial charge in [0.15, 0.2) is 0 Å². The SMILES string of the molecule is Cc1cc(Cl)nc(NC(=O)C2(C)CCNC2)n1. The molecule has 1 fully saturated rings. The number of aryl methyl sites for hydroxylation is 1. The first-order valence-electron chi connectivity index (χ1n) is 5.53. The standard InChI is InChI=1S/C11H15ClN4O/c1-7-5-8(12)15-10(14-7)16-9(17)11(2)3-4-13-6-11/h5,13H,3-4,6H2,1-2H3,(H,14,15,16,17). The van der Waals surface area contributed by atoms with E-state index < -0.39 is 0 Å². The fourth-order valence-electron chi connectivity index (χ4n) is 1.85. The molecular formula is C11H15ClN4O. The first-order chi connectivity index (χ1) is 7.99. The summed E-state index contributed by atoms with van der Waals surface area (Å²) in [5.74, 6) is 0.206. The van der Waals surface area contributed by atoms with Gasteiger partial charge in [-0.1, -0.05) is 11.6 Å². The first-order valence-corrected chi connectivity index (χ1v) is 5.91. The number of halogens is 1. The fraction of sp³-hybridized carbons (Fsp3) is 0.545. The van der Waals surface area contributed by atoms with Crippen LogP contribution in [0.3, 0.4) is 0 Å². The van der Waals surface area contributed by atoms with Gasteiger partial charge in [0.05, 0.1) is 5.41 Å². The molecule has 1 unspecified atom stereocenters. The molecule has 1 aromatic heterocycles. The third-order valence-electron chi connectivity index (χ3n) is 2.97. The lowest BCUT2D eigenvalue weighted by Crippen LogP contribution is -2.35. The van der Waals surface area contributed by atoms with Crippen LogP contribution in [0.4, 0.5) is 5.95 Å². The second kappa shape index (κ2) is 4.58. The van der Waals surface area contributed by atoms with E-state index in [0.29, 0.717) is 11.7 Å². The summed E-state index contributed by atoms with van der Waals surface area (Å²) < 4.78 is 0. The van der Waals surface area contributed by atoms with E-state index in [4.69, 9.17) is 11.6 Å². The van der Waals surface area contributed by atoms with E-state index in [-0.39, 0.29) is 17.3 Å². The molecule has 5 nitrogen and oxygen atoms in total. The van der Waals surface area contributed by atoms with Crippen LogP contribution in [0, 0.1) is 12.3 Å². The van der Waals surface area contributed by atoms with Crippen molar-refractivity contribution in [3.8, 4) is 0 Å². The van der Waals surface area contributed by atoms with Gasteiger partial charge in [0, 0.05) is 12.2 Å². The van der Waals surface area contributed by atoms with Crippen LogP contribution in [-0.2, 0) is 4.79 Å². The molecule has 2 N–H and O–H groups in total. The Balaban J connectivity index is 2.12. The molecule has 92 valence electrons. The minimum atomic E-state index is -0.389. The van der Waals surface area contributed by atoms with Gasteiger partial charge in [0.2, 0.25) is 11.9 Å². The largest absolute Gasteiger partial charge is 0.316 e. The van der Waals surface area contributed by atoms with Crippen molar-refractivity contribution in [2.75, 3.05) is 18.4 Å². The van der Waals surface area contributed by atoms with Crippen molar-refractivity contribution < 1.29 is 4.79 Å². The Kier molecular flexibility index (Phi) is 3.31. The van der Waals surface area contributed by atoms with E-state index in [0.717, 1.165) is 18.7 Å². The Labute approximate surface area is 105 Å². The predicted octanol–water partition coefficient (Wildman–Crippen LogP) is 1.38. The van der Waals surface area contributed by atoms with E-state index in [1.165, 1.54) is 0 Å². The predicted molar refractivity (Wildman–Crippen MR) is 66.0 cm³/mol. The summed E-state index contributed by atoms with van der Waals surface area (Å²) in [6.07, 6.45) is 0.818.